The van der Waals surface area contributed by atoms with Crippen LogP contribution in [0.2, 0.25) is 0 Å². The number of ether oxygens (including phenoxy) is 1. The van der Waals surface area contributed by atoms with Crippen molar-refractivity contribution in [3.63, 3.8) is 0 Å². The van der Waals surface area contributed by atoms with Gasteiger partial charge < -0.3 is 4.74 Å². The van der Waals surface area contributed by atoms with Crippen LogP contribution in [0.3, 0.4) is 0 Å². The number of halogens is 1. The van der Waals surface area contributed by atoms with E-state index in [0.717, 1.165) is 15.8 Å². The Morgan fingerprint density at radius 2 is 1.29 bits per heavy atom. The Kier molecular flexibility index (Phi) is 7.70. The van der Waals surface area contributed by atoms with Crippen molar-refractivity contribution in [2.24, 2.45) is 11.8 Å². The molecule has 0 fully saturated rings. The van der Waals surface area contributed by atoms with Crippen LogP contribution in [0.1, 0.15) is 23.2 Å². The van der Waals surface area contributed by atoms with Gasteiger partial charge in [0.15, 0.2) is 12.4 Å². The van der Waals surface area contributed by atoms with Crippen LogP contribution in [0, 0.1) is 11.8 Å². The Morgan fingerprint density at radius 1 is 0.765 bits per heavy atom. The molecule has 6 heteroatoms. The van der Waals surface area contributed by atoms with Crippen LogP contribution in [-0.4, -0.2) is 24.3 Å². The van der Waals surface area contributed by atoms with E-state index < -0.39 is 17.8 Å². The predicted molar refractivity (Wildman–Crippen MR) is 135 cm³/mol. The third-order valence-corrected chi connectivity index (χ3v) is 6.34. The van der Waals surface area contributed by atoms with E-state index in [9.17, 15) is 14.4 Å². The summed E-state index contributed by atoms with van der Waals surface area (Å²) < 4.78 is 6.25. The van der Waals surface area contributed by atoms with Gasteiger partial charge in [0, 0.05) is 21.4 Å². The number of nitrogens with zero attached hydrogens (tertiary/aromatic N) is 1. The highest BCUT2D eigenvalue weighted by atomic mass is 79.9. The molecule has 34 heavy (non-hydrogen) atoms. The number of anilines is 2. The summed E-state index contributed by atoms with van der Waals surface area (Å²) in [5, 5.41) is 0. The molecule has 2 atom stereocenters. The average molecular weight is 518 g/mol. The highest BCUT2D eigenvalue weighted by molar-refractivity contribution is 9.10. The van der Waals surface area contributed by atoms with Gasteiger partial charge >= 0.3 is 5.97 Å². The summed E-state index contributed by atoms with van der Waals surface area (Å²) in [7, 11) is 0. The van der Waals surface area contributed by atoms with Gasteiger partial charge in [-0.2, -0.15) is 0 Å². The van der Waals surface area contributed by atoms with Crippen LogP contribution in [-0.2, 0) is 14.3 Å². The van der Waals surface area contributed by atoms with E-state index in [1.165, 1.54) is 0 Å². The second-order valence-electron chi connectivity index (χ2n) is 8.04. The van der Waals surface area contributed by atoms with Crippen molar-refractivity contribution < 1.29 is 19.1 Å². The minimum atomic E-state index is -0.662. The topological polar surface area (TPSA) is 63.7 Å². The molecule has 172 valence electrons. The first kappa shape index (κ1) is 23.6. The van der Waals surface area contributed by atoms with E-state index in [1.807, 2.05) is 72.8 Å². The lowest BCUT2D eigenvalue weighted by molar-refractivity contribution is -0.151. The zero-order chi connectivity index (χ0) is 23.9. The van der Waals surface area contributed by atoms with Gasteiger partial charge in [0.05, 0.1) is 11.8 Å². The molecule has 1 aliphatic rings. The first-order chi connectivity index (χ1) is 16.5. The smallest absolute Gasteiger partial charge is 0.310 e. The summed E-state index contributed by atoms with van der Waals surface area (Å²) in [4.78, 5) is 40.9. The second-order valence-corrected chi connectivity index (χ2v) is 8.95. The fraction of sp³-hybridized carbons (Fsp3) is 0.179. The van der Waals surface area contributed by atoms with Crippen molar-refractivity contribution in [3.8, 4) is 0 Å². The Balaban J connectivity index is 1.52. The van der Waals surface area contributed by atoms with Crippen LogP contribution in [0.5, 0.6) is 0 Å². The van der Waals surface area contributed by atoms with Crippen LogP contribution in [0.15, 0.2) is 102 Å². The Morgan fingerprint density at radius 3 is 1.85 bits per heavy atom. The molecule has 1 amide bonds. The van der Waals surface area contributed by atoms with Gasteiger partial charge in [-0.25, -0.2) is 0 Å². The van der Waals surface area contributed by atoms with Gasteiger partial charge in [0.25, 0.3) is 0 Å². The number of hydrogen-bond donors (Lipinski definition) is 0. The van der Waals surface area contributed by atoms with Crippen molar-refractivity contribution in [3.05, 3.63) is 107 Å². The molecule has 4 rings (SSSR count). The van der Waals surface area contributed by atoms with Crippen LogP contribution in [0.4, 0.5) is 11.4 Å². The SMILES string of the molecule is O=C(COC(=O)[C@@H]1CC=CC[C@@H]1C(=O)N(c1ccccc1)c1ccccc1)c1ccc(Br)cc1. The lowest BCUT2D eigenvalue weighted by atomic mass is 9.81. The fourth-order valence-electron chi connectivity index (χ4n) is 4.03. The Labute approximate surface area is 207 Å². The standard InChI is InChI=1S/C28H24BrNO4/c29-21-17-15-20(16-18-21)26(31)19-34-28(33)25-14-8-7-13-24(25)27(32)30(22-9-3-1-4-10-22)23-11-5-2-6-12-23/h1-12,15-18,24-25H,13-14,19H2/t24-,25+/m0/s1. The molecule has 0 saturated heterocycles. The number of para-hydroxylation sites is 2. The van der Waals surface area contributed by atoms with Crippen molar-refractivity contribution >= 4 is 45.0 Å². The molecule has 0 unspecified atom stereocenters. The van der Waals surface area contributed by atoms with E-state index in [1.54, 1.807) is 29.2 Å². The molecule has 0 aromatic heterocycles. The molecule has 0 bridgehead atoms. The number of hydrogen-bond acceptors (Lipinski definition) is 4. The maximum absolute atomic E-state index is 13.8. The zero-order valence-electron chi connectivity index (χ0n) is 18.5. The maximum Gasteiger partial charge on any atom is 0.310 e. The summed E-state index contributed by atoms with van der Waals surface area (Å²) in [5.41, 5.74) is 1.92. The lowest BCUT2D eigenvalue weighted by Gasteiger charge is -2.32. The molecule has 0 aliphatic heterocycles. The molecule has 0 heterocycles. The summed E-state index contributed by atoms with van der Waals surface area (Å²) in [6, 6.07) is 25.6. The normalized spacial score (nSPS) is 17.1. The van der Waals surface area contributed by atoms with Crippen molar-refractivity contribution in [2.75, 3.05) is 11.5 Å². The lowest BCUT2D eigenvalue weighted by Crippen LogP contribution is -2.40. The number of Topliss-reactive ketones (excluding diaryl/α,β-unsaturated/α-hetero) is 1. The number of esters is 1. The first-order valence-electron chi connectivity index (χ1n) is 11.1. The largest absolute Gasteiger partial charge is 0.457 e. The molecular weight excluding hydrogens is 494 g/mol. The maximum atomic E-state index is 13.8. The third-order valence-electron chi connectivity index (χ3n) is 5.81. The van der Waals surface area contributed by atoms with Crippen molar-refractivity contribution in [2.45, 2.75) is 12.8 Å². The average Bonchev–Trinajstić information content (AvgIpc) is 2.89. The van der Waals surface area contributed by atoms with Crippen LogP contribution in [0.25, 0.3) is 0 Å². The zero-order valence-corrected chi connectivity index (χ0v) is 20.1. The number of benzene rings is 3. The number of amides is 1. The summed E-state index contributed by atoms with van der Waals surface area (Å²) in [6.07, 6.45) is 4.63. The van der Waals surface area contributed by atoms with E-state index in [2.05, 4.69) is 15.9 Å². The highest BCUT2D eigenvalue weighted by Crippen LogP contribution is 2.34. The molecule has 0 saturated carbocycles. The van der Waals surface area contributed by atoms with E-state index >= 15 is 0 Å². The van der Waals surface area contributed by atoms with Gasteiger partial charge in [-0.1, -0.05) is 76.6 Å². The van der Waals surface area contributed by atoms with E-state index in [4.69, 9.17) is 4.74 Å². The van der Waals surface area contributed by atoms with Gasteiger partial charge in [-0.15, -0.1) is 0 Å². The van der Waals surface area contributed by atoms with Gasteiger partial charge in [-0.05, 0) is 49.2 Å². The molecular formula is C28H24BrNO4. The molecule has 3 aromatic carbocycles. The minimum absolute atomic E-state index is 0.178. The quantitative estimate of drug-likeness (QED) is 0.215. The predicted octanol–water partition coefficient (Wildman–Crippen LogP) is 6.12. The summed E-state index contributed by atoms with van der Waals surface area (Å²) in [6.45, 7) is -0.358. The molecule has 1 aliphatic carbocycles. The number of carbonyl (C=O) groups is 3. The number of ketones is 1. The van der Waals surface area contributed by atoms with Crippen LogP contribution < -0.4 is 4.90 Å². The Bertz CT molecular complexity index is 1140. The molecule has 5 nitrogen and oxygen atoms in total. The molecule has 3 aromatic rings. The van der Waals surface area contributed by atoms with Crippen LogP contribution >= 0.6 is 15.9 Å². The summed E-state index contributed by atoms with van der Waals surface area (Å²) in [5.74, 6) is -2.26. The van der Waals surface area contributed by atoms with Crippen molar-refractivity contribution in [1.82, 2.24) is 0 Å². The summed E-state index contributed by atoms with van der Waals surface area (Å²) >= 11 is 3.34. The van der Waals surface area contributed by atoms with Gasteiger partial charge in [0.1, 0.15) is 0 Å². The second kappa shape index (κ2) is 11.1. The van der Waals surface area contributed by atoms with E-state index in [-0.39, 0.29) is 18.3 Å². The van der Waals surface area contributed by atoms with Gasteiger partial charge in [-0.3, -0.25) is 19.3 Å². The number of rotatable bonds is 7. The Hall–Kier alpha value is -3.51. The number of allylic oxidation sites excluding steroid dienone is 2. The number of carbonyl (C=O) groups excluding carboxylic acids is 3. The fourth-order valence-corrected chi connectivity index (χ4v) is 4.30. The van der Waals surface area contributed by atoms with Crippen molar-refractivity contribution in [1.29, 1.82) is 0 Å². The molecule has 0 radical (unpaired) electrons. The van der Waals surface area contributed by atoms with Gasteiger partial charge in [0.2, 0.25) is 5.91 Å². The molecule has 0 spiro atoms. The minimum Gasteiger partial charge on any atom is -0.457 e. The highest BCUT2D eigenvalue weighted by Gasteiger charge is 2.38. The third kappa shape index (κ3) is 5.51. The molecule has 0 N–H and O–H groups in total. The van der Waals surface area contributed by atoms with E-state index in [0.29, 0.717) is 18.4 Å². The first-order valence-corrected chi connectivity index (χ1v) is 11.9. The monoisotopic (exact) mass is 517 g/mol.